The van der Waals surface area contributed by atoms with E-state index in [0.717, 1.165) is 34.3 Å². The number of aryl methyl sites for hydroxylation is 1. The Morgan fingerprint density at radius 3 is 2.76 bits per heavy atom. The van der Waals surface area contributed by atoms with E-state index in [4.69, 9.17) is 4.74 Å². The van der Waals surface area contributed by atoms with Gasteiger partial charge >= 0.3 is 0 Å². The molecule has 4 nitrogen and oxygen atoms in total. The summed E-state index contributed by atoms with van der Waals surface area (Å²) in [6.45, 7) is 6.78. The third kappa shape index (κ3) is 3.64. The number of pyridine rings is 1. The number of methoxy groups -OCH3 is 1. The number of hydrogen-bond donors (Lipinski definition) is 2. The fourth-order valence-electron chi connectivity index (χ4n) is 2.54. The molecule has 0 saturated carbocycles. The van der Waals surface area contributed by atoms with Gasteiger partial charge in [0, 0.05) is 23.8 Å². The minimum atomic E-state index is -0.349. The summed E-state index contributed by atoms with van der Waals surface area (Å²) in [5.41, 5.74) is 2.92. The summed E-state index contributed by atoms with van der Waals surface area (Å²) in [5, 5.41) is 14.4. The first-order valence-corrected chi connectivity index (χ1v) is 7.37. The molecule has 0 bridgehead atoms. The van der Waals surface area contributed by atoms with Crippen LogP contribution in [0.1, 0.15) is 25.8 Å². The third-order valence-corrected chi connectivity index (χ3v) is 3.53. The zero-order valence-corrected chi connectivity index (χ0v) is 13.2. The highest BCUT2D eigenvalue weighted by Crippen LogP contribution is 2.31. The average Bonchev–Trinajstić information content (AvgIpc) is 2.44. The Labute approximate surface area is 126 Å². The minimum absolute atomic E-state index is 0.349. The van der Waals surface area contributed by atoms with Crippen LogP contribution in [0.2, 0.25) is 0 Å². The molecule has 2 N–H and O–H groups in total. The second-order valence-corrected chi connectivity index (χ2v) is 5.84. The summed E-state index contributed by atoms with van der Waals surface area (Å²) in [6.07, 6.45) is 2.28. The molecule has 0 aliphatic carbocycles. The molecule has 1 heterocycles. The van der Waals surface area contributed by atoms with Crippen LogP contribution in [-0.2, 0) is 0 Å². The smallest absolute Gasteiger partial charge is 0.145 e. The maximum absolute atomic E-state index is 10.0. The molecule has 1 unspecified atom stereocenters. The SMILES string of the molecule is COc1cccc2c(NCC(O)CC(C)C)c(C)cnc12. The standard InChI is InChI=1S/C17H24N2O2/c1-11(2)8-13(20)10-19-16-12(3)9-18-17-14(16)6-5-7-15(17)21-4/h5-7,9,11,13,20H,8,10H2,1-4H3,(H,18,19). The number of aliphatic hydroxyl groups excluding tert-OH is 1. The van der Waals surface area contributed by atoms with Crippen LogP contribution in [0.15, 0.2) is 24.4 Å². The molecule has 1 aromatic carbocycles. The van der Waals surface area contributed by atoms with Crippen LogP contribution >= 0.6 is 0 Å². The van der Waals surface area contributed by atoms with Crippen molar-refractivity contribution < 1.29 is 9.84 Å². The Balaban J connectivity index is 2.28. The number of anilines is 1. The van der Waals surface area contributed by atoms with Gasteiger partial charge in [-0.15, -0.1) is 0 Å². The highest BCUT2D eigenvalue weighted by Gasteiger charge is 2.12. The number of nitrogens with one attached hydrogen (secondary N) is 1. The average molecular weight is 288 g/mol. The lowest BCUT2D eigenvalue weighted by atomic mass is 10.1. The van der Waals surface area contributed by atoms with Gasteiger partial charge in [-0.2, -0.15) is 0 Å². The molecule has 21 heavy (non-hydrogen) atoms. The Bertz CT molecular complexity index is 611. The van der Waals surface area contributed by atoms with Crippen molar-refractivity contribution in [3.05, 3.63) is 30.0 Å². The van der Waals surface area contributed by atoms with E-state index in [2.05, 4.69) is 24.1 Å². The summed E-state index contributed by atoms with van der Waals surface area (Å²) < 4.78 is 5.36. The number of ether oxygens (including phenoxy) is 1. The number of para-hydroxylation sites is 1. The van der Waals surface area contributed by atoms with Crippen LogP contribution in [-0.4, -0.2) is 29.8 Å². The highest BCUT2D eigenvalue weighted by atomic mass is 16.5. The van der Waals surface area contributed by atoms with Crippen molar-refractivity contribution in [2.75, 3.05) is 19.0 Å². The minimum Gasteiger partial charge on any atom is -0.494 e. The predicted octanol–water partition coefficient (Wildman–Crippen LogP) is 3.37. The summed E-state index contributed by atoms with van der Waals surface area (Å²) in [7, 11) is 1.65. The first-order chi connectivity index (χ1) is 10.0. The fourth-order valence-corrected chi connectivity index (χ4v) is 2.54. The Hall–Kier alpha value is -1.81. The zero-order valence-electron chi connectivity index (χ0n) is 13.2. The monoisotopic (exact) mass is 288 g/mol. The van der Waals surface area contributed by atoms with E-state index in [1.165, 1.54) is 0 Å². The van der Waals surface area contributed by atoms with Crippen molar-refractivity contribution in [1.82, 2.24) is 4.98 Å². The van der Waals surface area contributed by atoms with Crippen molar-refractivity contribution in [3.63, 3.8) is 0 Å². The maximum Gasteiger partial charge on any atom is 0.145 e. The van der Waals surface area contributed by atoms with Crippen molar-refractivity contribution >= 4 is 16.6 Å². The van der Waals surface area contributed by atoms with Crippen LogP contribution in [0, 0.1) is 12.8 Å². The van der Waals surface area contributed by atoms with Gasteiger partial charge in [0.25, 0.3) is 0 Å². The van der Waals surface area contributed by atoms with E-state index >= 15 is 0 Å². The molecule has 1 atom stereocenters. The third-order valence-electron chi connectivity index (χ3n) is 3.53. The molecule has 114 valence electrons. The lowest BCUT2D eigenvalue weighted by Gasteiger charge is -2.17. The van der Waals surface area contributed by atoms with Gasteiger partial charge in [-0.05, 0) is 30.9 Å². The van der Waals surface area contributed by atoms with Crippen molar-refractivity contribution in [3.8, 4) is 5.75 Å². The zero-order chi connectivity index (χ0) is 15.4. The molecule has 0 aliphatic rings. The summed E-state index contributed by atoms with van der Waals surface area (Å²) in [4.78, 5) is 4.46. The van der Waals surface area contributed by atoms with E-state index in [1.54, 1.807) is 7.11 Å². The first kappa shape index (κ1) is 15.6. The van der Waals surface area contributed by atoms with Gasteiger partial charge in [0.15, 0.2) is 0 Å². The molecule has 4 heteroatoms. The summed E-state index contributed by atoms with van der Waals surface area (Å²) in [6, 6.07) is 5.88. The topological polar surface area (TPSA) is 54.4 Å². The second kappa shape index (κ2) is 6.76. The van der Waals surface area contributed by atoms with Crippen LogP contribution in [0.5, 0.6) is 5.75 Å². The van der Waals surface area contributed by atoms with Crippen molar-refractivity contribution in [2.24, 2.45) is 5.92 Å². The lowest BCUT2D eigenvalue weighted by molar-refractivity contribution is 0.161. The van der Waals surface area contributed by atoms with E-state index in [-0.39, 0.29) is 6.10 Å². The van der Waals surface area contributed by atoms with E-state index in [1.807, 2.05) is 31.3 Å². The number of benzene rings is 1. The molecule has 0 fully saturated rings. The fraction of sp³-hybridized carbons (Fsp3) is 0.471. The van der Waals surface area contributed by atoms with Crippen molar-refractivity contribution in [2.45, 2.75) is 33.3 Å². The molecular formula is C17H24N2O2. The molecular weight excluding hydrogens is 264 g/mol. The number of aliphatic hydroxyl groups is 1. The lowest BCUT2D eigenvalue weighted by Crippen LogP contribution is -2.21. The van der Waals surface area contributed by atoms with Gasteiger partial charge in [0.05, 0.1) is 13.2 Å². The molecule has 0 radical (unpaired) electrons. The second-order valence-electron chi connectivity index (χ2n) is 5.84. The largest absolute Gasteiger partial charge is 0.494 e. The maximum atomic E-state index is 10.0. The van der Waals surface area contributed by atoms with Crippen LogP contribution in [0.4, 0.5) is 5.69 Å². The normalized spacial score (nSPS) is 12.7. The first-order valence-electron chi connectivity index (χ1n) is 7.37. The molecule has 0 saturated heterocycles. The van der Waals surface area contributed by atoms with E-state index in [9.17, 15) is 5.11 Å². The predicted molar refractivity (Wildman–Crippen MR) is 87.0 cm³/mol. The Morgan fingerprint density at radius 2 is 2.10 bits per heavy atom. The van der Waals surface area contributed by atoms with Crippen molar-refractivity contribution in [1.29, 1.82) is 0 Å². The number of hydrogen-bond acceptors (Lipinski definition) is 4. The Kier molecular flexibility index (Phi) is 5.02. The molecule has 1 aromatic heterocycles. The quantitative estimate of drug-likeness (QED) is 0.855. The van der Waals surface area contributed by atoms with Gasteiger partial charge < -0.3 is 15.2 Å². The van der Waals surface area contributed by atoms with Gasteiger partial charge in [-0.1, -0.05) is 26.0 Å². The van der Waals surface area contributed by atoms with E-state index < -0.39 is 0 Å². The van der Waals surface area contributed by atoms with Gasteiger partial charge in [-0.25, -0.2) is 0 Å². The van der Waals surface area contributed by atoms with Crippen LogP contribution in [0.25, 0.3) is 10.9 Å². The van der Waals surface area contributed by atoms with Gasteiger partial charge in [0.2, 0.25) is 0 Å². The number of aromatic nitrogens is 1. The van der Waals surface area contributed by atoms with Gasteiger partial charge in [-0.3, -0.25) is 4.98 Å². The summed E-state index contributed by atoms with van der Waals surface area (Å²) in [5.74, 6) is 1.25. The molecule has 0 spiro atoms. The van der Waals surface area contributed by atoms with Crippen LogP contribution in [0.3, 0.4) is 0 Å². The molecule has 2 aromatic rings. The number of nitrogens with zero attached hydrogens (tertiary/aromatic N) is 1. The highest BCUT2D eigenvalue weighted by molar-refractivity contribution is 5.96. The number of rotatable bonds is 6. The molecule has 2 rings (SSSR count). The summed E-state index contributed by atoms with van der Waals surface area (Å²) >= 11 is 0. The van der Waals surface area contributed by atoms with Gasteiger partial charge in [0.1, 0.15) is 11.3 Å². The Morgan fingerprint density at radius 1 is 1.33 bits per heavy atom. The molecule has 0 aliphatic heterocycles. The molecule has 0 amide bonds. The van der Waals surface area contributed by atoms with Crippen LogP contribution < -0.4 is 10.1 Å². The number of fused-ring (bicyclic) bond motifs is 1. The van der Waals surface area contributed by atoms with E-state index in [0.29, 0.717) is 12.5 Å².